The monoisotopic (exact) mass is 495 g/mol. The summed E-state index contributed by atoms with van der Waals surface area (Å²) in [5, 5.41) is 6.89. The summed E-state index contributed by atoms with van der Waals surface area (Å²) in [4.78, 5) is 20.6. The Bertz CT molecular complexity index is 431. The Morgan fingerprint density at radius 2 is 2.00 bits per heavy atom. The third kappa shape index (κ3) is 10.5. The van der Waals surface area contributed by atoms with Crippen LogP contribution in [-0.4, -0.2) is 74.5 Å². The van der Waals surface area contributed by atoms with E-state index in [-0.39, 0.29) is 35.9 Å². The minimum atomic E-state index is 0. The third-order valence-electron chi connectivity index (χ3n) is 5.10. The predicted molar refractivity (Wildman–Crippen MR) is 126 cm³/mol. The van der Waals surface area contributed by atoms with Gasteiger partial charge in [0.1, 0.15) is 0 Å². The zero-order valence-corrected chi connectivity index (χ0v) is 20.4. The molecule has 2 atom stereocenters. The van der Waals surface area contributed by atoms with Gasteiger partial charge in [0.15, 0.2) is 5.96 Å². The first-order chi connectivity index (χ1) is 12.5. The van der Waals surface area contributed by atoms with Gasteiger partial charge in [0.25, 0.3) is 0 Å². The van der Waals surface area contributed by atoms with Gasteiger partial charge in [0, 0.05) is 40.3 Å². The number of hydrogen-bond donors (Lipinski definition) is 2. The Balaban J connectivity index is 0.00000676. The number of unbranched alkanes of at least 4 members (excludes halogenated alkanes) is 3. The Labute approximate surface area is 183 Å². The van der Waals surface area contributed by atoms with Gasteiger partial charge < -0.3 is 15.5 Å². The number of halogens is 1. The topological polar surface area (TPSA) is 60.0 Å². The Hall–Kier alpha value is -0.570. The summed E-state index contributed by atoms with van der Waals surface area (Å²) in [7, 11) is 5.52. The minimum absolute atomic E-state index is 0. The Morgan fingerprint density at radius 3 is 2.63 bits per heavy atom. The molecule has 0 aromatic rings. The third-order valence-corrected chi connectivity index (χ3v) is 5.10. The van der Waals surface area contributed by atoms with Crippen molar-refractivity contribution in [2.75, 3.05) is 40.8 Å². The van der Waals surface area contributed by atoms with Crippen LogP contribution in [0, 0.1) is 0 Å². The van der Waals surface area contributed by atoms with Crippen LogP contribution in [0.5, 0.6) is 0 Å². The van der Waals surface area contributed by atoms with Crippen molar-refractivity contribution in [3.63, 3.8) is 0 Å². The lowest BCUT2D eigenvalue weighted by Crippen LogP contribution is -2.45. The normalized spacial score (nSPS) is 18.7. The summed E-state index contributed by atoms with van der Waals surface area (Å²) in [6.45, 7) is 7.34. The van der Waals surface area contributed by atoms with Crippen LogP contribution >= 0.6 is 24.0 Å². The molecular weight excluding hydrogens is 453 g/mol. The first-order valence-electron chi connectivity index (χ1n) is 10.4. The van der Waals surface area contributed by atoms with Crippen molar-refractivity contribution in [2.24, 2.45) is 4.99 Å². The molecule has 7 heteroatoms. The molecular formula is C20H42IN5O. The van der Waals surface area contributed by atoms with Crippen molar-refractivity contribution in [3.8, 4) is 0 Å². The molecule has 1 aliphatic rings. The predicted octanol–water partition coefficient (Wildman–Crippen LogP) is 3.07. The van der Waals surface area contributed by atoms with Crippen LogP contribution in [0.15, 0.2) is 4.99 Å². The smallest absolute Gasteiger partial charge is 0.239 e. The van der Waals surface area contributed by atoms with E-state index in [1.54, 1.807) is 4.90 Å². The first kappa shape index (κ1) is 26.4. The van der Waals surface area contributed by atoms with Crippen LogP contribution in [-0.2, 0) is 4.79 Å². The van der Waals surface area contributed by atoms with E-state index >= 15 is 0 Å². The summed E-state index contributed by atoms with van der Waals surface area (Å²) in [6.07, 6.45) is 9.51. The number of nitrogens with one attached hydrogen (secondary N) is 2. The Morgan fingerprint density at radius 1 is 1.26 bits per heavy atom. The molecule has 2 N–H and O–H groups in total. The van der Waals surface area contributed by atoms with Crippen LogP contribution in [0.1, 0.15) is 65.2 Å². The summed E-state index contributed by atoms with van der Waals surface area (Å²) >= 11 is 0. The van der Waals surface area contributed by atoms with Crippen molar-refractivity contribution in [2.45, 2.75) is 77.3 Å². The molecule has 1 heterocycles. The number of rotatable bonds is 11. The fourth-order valence-electron chi connectivity index (χ4n) is 3.54. The maximum absolute atomic E-state index is 12.2. The number of hydrogen-bond acceptors (Lipinski definition) is 3. The number of likely N-dealkylation sites (N-methyl/N-ethyl adjacent to an activating group) is 1. The minimum Gasteiger partial charge on any atom is -0.356 e. The molecule has 0 radical (unpaired) electrons. The van der Waals surface area contributed by atoms with Crippen LogP contribution < -0.4 is 10.6 Å². The fourth-order valence-corrected chi connectivity index (χ4v) is 3.54. The molecule has 1 fully saturated rings. The van der Waals surface area contributed by atoms with Crippen molar-refractivity contribution in [1.29, 1.82) is 0 Å². The molecule has 0 aliphatic carbocycles. The number of carbonyl (C=O) groups is 1. The van der Waals surface area contributed by atoms with Crippen molar-refractivity contribution in [1.82, 2.24) is 20.4 Å². The second kappa shape index (κ2) is 15.4. The highest BCUT2D eigenvalue weighted by atomic mass is 127. The van der Waals surface area contributed by atoms with Gasteiger partial charge in [-0.25, -0.2) is 0 Å². The molecule has 27 heavy (non-hydrogen) atoms. The number of nitrogens with zero attached hydrogens (tertiary/aromatic N) is 3. The van der Waals surface area contributed by atoms with E-state index in [0.717, 1.165) is 44.9 Å². The van der Waals surface area contributed by atoms with Gasteiger partial charge in [0.05, 0.1) is 6.04 Å². The lowest BCUT2D eigenvalue weighted by molar-refractivity contribution is -0.133. The molecule has 0 saturated carbocycles. The van der Waals surface area contributed by atoms with Crippen LogP contribution in [0.25, 0.3) is 0 Å². The standard InChI is InChI=1S/C20H41N5O.HI/c1-6-7-8-9-12-17(2)23-20(21-3)22-14-11-16-25-15-10-13-18(25)19(26)24(4)5;/h17-18H,6-16H2,1-5H3,(H2,21,22,23);1H. The van der Waals surface area contributed by atoms with Gasteiger partial charge in [-0.15, -0.1) is 24.0 Å². The van der Waals surface area contributed by atoms with Crippen molar-refractivity contribution >= 4 is 35.8 Å². The van der Waals surface area contributed by atoms with Gasteiger partial charge in [-0.1, -0.05) is 32.6 Å². The molecule has 0 spiro atoms. The maximum Gasteiger partial charge on any atom is 0.239 e. The molecule has 6 nitrogen and oxygen atoms in total. The number of amides is 1. The summed E-state index contributed by atoms with van der Waals surface area (Å²) in [6, 6.07) is 0.518. The van der Waals surface area contributed by atoms with Gasteiger partial charge in [-0.2, -0.15) is 0 Å². The molecule has 1 saturated heterocycles. The largest absolute Gasteiger partial charge is 0.356 e. The summed E-state index contributed by atoms with van der Waals surface area (Å²) < 4.78 is 0. The van der Waals surface area contributed by atoms with E-state index in [0.29, 0.717) is 6.04 Å². The van der Waals surface area contributed by atoms with Gasteiger partial charge in [0.2, 0.25) is 5.91 Å². The van der Waals surface area contributed by atoms with Crippen LogP contribution in [0.3, 0.4) is 0 Å². The molecule has 0 aromatic carbocycles. The van der Waals surface area contributed by atoms with Gasteiger partial charge in [-0.05, 0) is 39.2 Å². The quantitative estimate of drug-likeness (QED) is 0.200. The highest BCUT2D eigenvalue weighted by Crippen LogP contribution is 2.18. The van der Waals surface area contributed by atoms with Crippen LogP contribution in [0.2, 0.25) is 0 Å². The zero-order valence-electron chi connectivity index (χ0n) is 18.1. The molecule has 1 amide bonds. The van der Waals surface area contributed by atoms with E-state index in [2.05, 4.69) is 34.4 Å². The molecule has 160 valence electrons. The average molecular weight is 495 g/mol. The van der Waals surface area contributed by atoms with Gasteiger partial charge in [-0.3, -0.25) is 14.7 Å². The average Bonchev–Trinajstić information content (AvgIpc) is 3.08. The lowest BCUT2D eigenvalue weighted by atomic mass is 10.1. The van der Waals surface area contributed by atoms with E-state index < -0.39 is 0 Å². The van der Waals surface area contributed by atoms with E-state index in [1.165, 1.54) is 32.1 Å². The van der Waals surface area contributed by atoms with E-state index in [4.69, 9.17) is 0 Å². The fraction of sp³-hybridized carbons (Fsp3) is 0.900. The van der Waals surface area contributed by atoms with Crippen molar-refractivity contribution < 1.29 is 4.79 Å². The molecule has 0 bridgehead atoms. The van der Waals surface area contributed by atoms with Crippen LogP contribution in [0.4, 0.5) is 0 Å². The number of aliphatic imine (C=N–C) groups is 1. The maximum atomic E-state index is 12.2. The molecule has 1 rings (SSSR count). The molecule has 1 aliphatic heterocycles. The first-order valence-corrected chi connectivity index (χ1v) is 10.4. The number of likely N-dealkylation sites (tertiary alicyclic amines) is 1. The highest BCUT2D eigenvalue weighted by Gasteiger charge is 2.30. The second-order valence-corrected chi connectivity index (χ2v) is 7.67. The second-order valence-electron chi connectivity index (χ2n) is 7.67. The lowest BCUT2D eigenvalue weighted by Gasteiger charge is -2.26. The molecule has 0 aromatic heterocycles. The SMILES string of the molecule is CCCCCCC(C)NC(=NC)NCCCN1CCCC1C(=O)N(C)C.I. The van der Waals surface area contributed by atoms with E-state index in [1.807, 2.05) is 21.1 Å². The van der Waals surface area contributed by atoms with Gasteiger partial charge >= 0.3 is 0 Å². The Kier molecular flexibility index (Phi) is 15.0. The molecule has 2 unspecified atom stereocenters. The number of carbonyl (C=O) groups excluding carboxylic acids is 1. The number of guanidine groups is 1. The van der Waals surface area contributed by atoms with E-state index in [9.17, 15) is 4.79 Å². The highest BCUT2D eigenvalue weighted by molar-refractivity contribution is 14.0. The summed E-state index contributed by atoms with van der Waals surface area (Å²) in [5.41, 5.74) is 0. The van der Waals surface area contributed by atoms with Crippen molar-refractivity contribution in [3.05, 3.63) is 0 Å². The zero-order chi connectivity index (χ0) is 19.4. The summed E-state index contributed by atoms with van der Waals surface area (Å²) in [5.74, 6) is 1.13.